The third-order valence-corrected chi connectivity index (χ3v) is 1.26. The van der Waals surface area contributed by atoms with Crippen LogP contribution < -0.4 is 11.2 Å². The van der Waals surface area contributed by atoms with Crippen LogP contribution in [0.4, 0.5) is 0 Å². The third kappa shape index (κ3) is 3.57. The van der Waals surface area contributed by atoms with Crippen molar-refractivity contribution in [2.75, 3.05) is 0 Å². The summed E-state index contributed by atoms with van der Waals surface area (Å²) in [5, 5.41) is 3.83. The zero-order chi connectivity index (χ0) is 9.68. The second kappa shape index (κ2) is 4.46. The number of aromatic nitrogens is 2. The number of aryl methyl sites for hydroxylation is 1. The van der Waals surface area contributed by atoms with E-state index in [4.69, 9.17) is 5.73 Å². The lowest BCUT2D eigenvalue weighted by Crippen LogP contribution is -2.24. The highest BCUT2D eigenvalue weighted by atomic mass is 32.1. The molecule has 0 aromatic carbocycles. The summed E-state index contributed by atoms with van der Waals surface area (Å²) >= 11 is 4.55. The Labute approximate surface area is 81.1 Å². The zero-order valence-corrected chi connectivity index (χ0v) is 7.88. The molecule has 3 N–H and O–H groups in total. The minimum atomic E-state index is 0.115. The van der Waals surface area contributed by atoms with Crippen LogP contribution in [-0.2, 0) is 0 Å². The molecule has 1 aromatic rings. The fourth-order valence-corrected chi connectivity index (χ4v) is 0.737. The Morgan fingerprint density at radius 3 is 3.15 bits per heavy atom. The topological polar surface area (TPSA) is 76.2 Å². The molecule has 0 saturated carbocycles. The maximum Gasteiger partial charge on any atom is 0.184 e. The normalized spacial score (nSPS) is 10.2. The van der Waals surface area contributed by atoms with Gasteiger partial charge >= 0.3 is 0 Å². The molecule has 0 aliphatic heterocycles. The number of thiocarbonyl (C=S) groups is 1. The van der Waals surface area contributed by atoms with Crippen molar-refractivity contribution in [2.45, 2.75) is 6.92 Å². The van der Waals surface area contributed by atoms with Crippen molar-refractivity contribution < 1.29 is 0 Å². The molecule has 13 heavy (non-hydrogen) atoms. The summed E-state index contributed by atoms with van der Waals surface area (Å²) in [5.74, 6) is 0.517. The molecule has 1 aromatic heterocycles. The summed E-state index contributed by atoms with van der Waals surface area (Å²) in [4.78, 5) is 8.04. The quantitative estimate of drug-likeness (QED) is 0.393. The molecule has 0 radical (unpaired) electrons. The highest BCUT2D eigenvalue weighted by molar-refractivity contribution is 7.80. The van der Waals surface area contributed by atoms with Gasteiger partial charge < -0.3 is 5.73 Å². The molecule has 1 heterocycles. The molecular formula is C7H9N5S. The van der Waals surface area contributed by atoms with Crippen LogP contribution in [0, 0.1) is 6.92 Å². The molecule has 6 heteroatoms. The highest BCUT2D eigenvalue weighted by Gasteiger charge is 1.90. The standard InChI is InChI=1S/C7H9N5S/c1-5-2-3-9-6(11-5)4-10-12-7(8)13/h2-4H,1H3,(H3,8,12,13)/b10-4-. The molecule has 0 spiro atoms. The van der Waals surface area contributed by atoms with Crippen LogP contribution in [0.3, 0.4) is 0 Å². The molecule has 0 bridgehead atoms. The Morgan fingerprint density at radius 2 is 2.54 bits per heavy atom. The van der Waals surface area contributed by atoms with Crippen LogP contribution in [0.25, 0.3) is 0 Å². The highest BCUT2D eigenvalue weighted by Crippen LogP contribution is 1.89. The Bertz CT molecular complexity index is 335. The van der Waals surface area contributed by atoms with Crippen molar-refractivity contribution in [1.82, 2.24) is 15.4 Å². The van der Waals surface area contributed by atoms with E-state index in [1.165, 1.54) is 6.21 Å². The molecule has 0 fully saturated rings. The summed E-state index contributed by atoms with van der Waals surface area (Å²) in [6.45, 7) is 1.88. The maximum absolute atomic E-state index is 5.15. The summed E-state index contributed by atoms with van der Waals surface area (Å²) in [6, 6.07) is 1.80. The first kappa shape index (κ1) is 9.53. The summed E-state index contributed by atoms with van der Waals surface area (Å²) < 4.78 is 0. The van der Waals surface area contributed by atoms with E-state index in [0.29, 0.717) is 5.82 Å². The molecule has 1 rings (SSSR count). The first-order valence-corrected chi connectivity index (χ1v) is 3.97. The van der Waals surface area contributed by atoms with Crippen molar-refractivity contribution in [2.24, 2.45) is 10.8 Å². The second-order valence-corrected chi connectivity index (χ2v) is 2.73. The number of hydrogen-bond donors (Lipinski definition) is 2. The molecule has 0 unspecified atom stereocenters. The second-order valence-electron chi connectivity index (χ2n) is 2.29. The van der Waals surface area contributed by atoms with Gasteiger partial charge in [0.2, 0.25) is 0 Å². The number of nitrogens with two attached hydrogens (primary N) is 1. The number of hydrogen-bond acceptors (Lipinski definition) is 4. The van der Waals surface area contributed by atoms with Crippen LogP contribution in [0.15, 0.2) is 17.4 Å². The smallest absolute Gasteiger partial charge is 0.184 e. The van der Waals surface area contributed by atoms with Crippen LogP contribution in [0.5, 0.6) is 0 Å². The SMILES string of the molecule is Cc1ccnc(/C=N\NC(N)=S)n1. The number of nitrogens with one attached hydrogen (secondary N) is 1. The number of nitrogens with zero attached hydrogens (tertiary/aromatic N) is 3. The van der Waals surface area contributed by atoms with Gasteiger partial charge in [0.05, 0.1) is 6.21 Å². The lowest BCUT2D eigenvalue weighted by atomic mass is 10.4. The predicted molar refractivity (Wildman–Crippen MR) is 54.3 cm³/mol. The van der Waals surface area contributed by atoms with E-state index in [0.717, 1.165) is 5.69 Å². The minimum Gasteiger partial charge on any atom is -0.375 e. The van der Waals surface area contributed by atoms with Crippen molar-refractivity contribution >= 4 is 23.5 Å². The van der Waals surface area contributed by atoms with Crippen molar-refractivity contribution in [3.05, 3.63) is 23.8 Å². The van der Waals surface area contributed by atoms with E-state index in [1.54, 1.807) is 12.3 Å². The van der Waals surface area contributed by atoms with Crippen molar-refractivity contribution in [3.63, 3.8) is 0 Å². The van der Waals surface area contributed by atoms with Gasteiger partial charge in [0, 0.05) is 11.9 Å². The van der Waals surface area contributed by atoms with Gasteiger partial charge in [-0.15, -0.1) is 0 Å². The monoisotopic (exact) mass is 195 g/mol. The zero-order valence-electron chi connectivity index (χ0n) is 7.06. The van der Waals surface area contributed by atoms with Gasteiger partial charge in [-0.2, -0.15) is 5.10 Å². The molecule has 0 aliphatic rings. The first-order valence-electron chi connectivity index (χ1n) is 3.56. The largest absolute Gasteiger partial charge is 0.375 e. The Hall–Kier alpha value is -1.56. The Kier molecular flexibility index (Phi) is 3.27. The van der Waals surface area contributed by atoms with E-state index in [1.807, 2.05) is 6.92 Å². The maximum atomic E-state index is 5.15. The van der Waals surface area contributed by atoms with E-state index in [-0.39, 0.29) is 5.11 Å². The molecule has 0 atom stereocenters. The average molecular weight is 195 g/mol. The van der Waals surface area contributed by atoms with Gasteiger partial charge in [-0.05, 0) is 25.2 Å². The summed E-state index contributed by atoms with van der Waals surface area (Å²) in [6.07, 6.45) is 3.11. The Balaban J connectivity index is 2.63. The predicted octanol–water partition coefficient (Wildman–Crippen LogP) is -0.0479. The van der Waals surface area contributed by atoms with Gasteiger partial charge in [0.25, 0.3) is 0 Å². The Morgan fingerprint density at radius 1 is 1.77 bits per heavy atom. The molecule has 5 nitrogen and oxygen atoms in total. The van der Waals surface area contributed by atoms with Crippen LogP contribution >= 0.6 is 12.2 Å². The molecule has 0 amide bonds. The third-order valence-electron chi connectivity index (χ3n) is 1.17. The summed E-state index contributed by atoms with van der Waals surface area (Å²) in [7, 11) is 0. The van der Waals surface area contributed by atoms with Gasteiger partial charge in [-0.1, -0.05) is 0 Å². The van der Waals surface area contributed by atoms with E-state index in [9.17, 15) is 0 Å². The molecule has 68 valence electrons. The molecule has 0 saturated heterocycles. The van der Waals surface area contributed by atoms with Crippen LogP contribution in [-0.4, -0.2) is 21.3 Å². The van der Waals surface area contributed by atoms with Gasteiger partial charge in [0.15, 0.2) is 10.9 Å². The van der Waals surface area contributed by atoms with E-state index >= 15 is 0 Å². The first-order chi connectivity index (χ1) is 6.18. The lowest BCUT2D eigenvalue weighted by Gasteiger charge is -1.94. The van der Waals surface area contributed by atoms with Crippen LogP contribution in [0.2, 0.25) is 0 Å². The fraction of sp³-hybridized carbons (Fsp3) is 0.143. The molecular weight excluding hydrogens is 186 g/mol. The fourth-order valence-electron chi connectivity index (χ4n) is 0.684. The minimum absolute atomic E-state index is 0.115. The lowest BCUT2D eigenvalue weighted by molar-refractivity contribution is 1.02. The number of rotatable bonds is 2. The molecule has 0 aliphatic carbocycles. The van der Waals surface area contributed by atoms with E-state index < -0.39 is 0 Å². The average Bonchev–Trinajstić information content (AvgIpc) is 2.03. The van der Waals surface area contributed by atoms with E-state index in [2.05, 4.69) is 32.7 Å². The van der Waals surface area contributed by atoms with Crippen LogP contribution in [0.1, 0.15) is 11.5 Å². The van der Waals surface area contributed by atoms with Gasteiger partial charge in [-0.3, -0.25) is 5.43 Å². The van der Waals surface area contributed by atoms with Crippen molar-refractivity contribution in [3.8, 4) is 0 Å². The number of hydrazone groups is 1. The van der Waals surface area contributed by atoms with Gasteiger partial charge in [0.1, 0.15) is 0 Å². The van der Waals surface area contributed by atoms with Crippen molar-refractivity contribution in [1.29, 1.82) is 0 Å². The van der Waals surface area contributed by atoms with Gasteiger partial charge in [-0.25, -0.2) is 9.97 Å². The summed E-state index contributed by atoms with van der Waals surface area (Å²) in [5.41, 5.74) is 8.45.